The number of hydrogen-bond donors (Lipinski definition) is 2. The number of amides is 1. The van der Waals surface area contributed by atoms with E-state index in [1.807, 2.05) is 18.2 Å². The standard InChI is InChI=1S/C18H20ClN3O2/c19-14-5-3-13(4-6-14)10-18(23)22-17-8-7-15(11-21-17)20-12-16-2-1-9-24-16/h3-8,11,16,20H,1-2,9-10,12H2,(H,21,22,23). The van der Waals surface area contributed by atoms with E-state index in [2.05, 4.69) is 15.6 Å². The molecule has 2 heterocycles. The first-order chi connectivity index (χ1) is 11.7. The molecule has 2 aromatic rings. The summed E-state index contributed by atoms with van der Waals surface area (Å²) >= 11 is 5.84. The molecule has 0 bridgehead atoms. The van der Waals surface area contributed by atoms with Gasteiger partial charge in [0, 0.05) is 18.2 Å². The third-order valence-electron chi connectivity index (χ3n) is 3.87. The van der Waals surface area contributed by atoms with Crippen molar-refractivity contribution in [2.24, 2.45) is 0 Å². The fourth-order valence-electron chi connectivity index (χ4n) is 2.58. The summed E-state index contributed by atoms with van der Waals surface area (Å²) in [5.41, 5.74) is 1.83. The third-order valence-corrected chi connectivity index (χ3v) is 4.12. The average Bonchev–Trinajstić information content (AvgIpc) is 3.10. The molecule has 1 unspecified atom stereocenters. The number of rotatable bonds is 6. The van der Waals surface area contributed by atoms with Gasteiger partial charge in [-0.1, -0.05) is 23.7 Å². The van der Waals surface area contributed by atoms with Gasteiger partial charge < -0.3 is 15.4 Å². The van der Waals surface area contributed by atoms with Gasteiger partial charge in [0.2, 0.25) is 5.91 Å². The first-order valence-corrected chi connectivity index (χ1v) is 8.43. The number of ether oxygens (including phenoxy) is 1. The third kappa shape index (κ3) is 4.94. The number of benzene rings is 1. The van der Waals surface area contributed by atoms with Crippen LogP contribution in [0.5, 0.6) is 0 Å². The number of nitrogens with one attached hydrogen (secondary N) is 2. The van der Waals surface area contributed by atoms with Crippen LogP contribution in [-0.4, -0.2) is 30.1 Å². The van der Waals surface area contributed by atoms with Gasteiger partial charge in [0.15, 0.2) is 0 Å². The highest BCUT2D eigenvalue weighted by Crippen LogP contribution is 2.15. The van der Waals surface area contributed by atoms with Crippen molar-refractivity contribution < 1.29 is 9.53 Å². The van der Waals surface area contributed by atoms with Crippen LogP contribution in [0.1, 0.15) is 18.4 Å². The Labute approximate surface area is 146 Å². The molecule has 126 valence electrons. The minimum atomic E-state index is -0.107. The second-order valence-electron chi connectivity index (χ2n) is 5.80. The molecule has 24 heavy (non-hydrogen) atoms. The van der Waals surface area contributed by atoms with Crippen LogP contribution >= 0.6 is 11.6 Å². The lowest BCUT2D eigenvalue weighted by Gasteiger charge is -2.12. The van der Waals surface area contributed by atoms with Crippen LogP contribution in [-0.2, 0) is 16.0 Å². The molecule has 1 saturated heterocycles. The zero-order valence-corrected chi connectivity index (χ0v) is 14.1. The molecule has 3 rings (SSSR count). The smallest absolute Gasteiger partial charge is 0.229 e. The molecule has 6 heteroatoms. The Kier molecular flexibility index (Phi) is 5.67. The van der Waals surface area contributed by atoms with Crippen LogP contribution < -0.4 is 10.6 Å². The Bertz CT molecular complexity index is 668. The summed E-state index contributed by atoms with van der Waals surface area (Å²) in [6.07, 6.45) is 4.51. The SMILES string of the molecule is O=C(Cc1ccc(Cl)cc1)Nc1ccc(NCC2CCCO2)cn1. The molecule has 2 N–H and O–H groups in total. The van der Waals surface area contributed by atoms with Crippen molar-refractivity contribution in [3.8, 4) is 0 Å². The summed E-state index contributed by atoms with van der Waals surface area (Å²) < 4.78 is 5.57. The van der Waals surface area contributed by atoms with Crippen molar-refractivity contribution in [2.75, 3.05) is 23.8 Å². The summed E-state index contributed by atoms with van der Waals surface area (Å²) in [6, 6.07) is 10.9. The average molecular weight is 346 g/mol. The van der Waals surface area contributed by atoms with Crippen LogP contribution in [0.2, 0.25) is 5.02 Å². The fraction of sp³-hybridized carbons (Fsp3) is 0.333. The number of halogens is 1. The molecule has 0 aliphatic carbocycles. The Morgan fingerprint density at radius 3 is 2.75 bits per heavy atom. The van der Waals surface area contributed by atoms with Gasteiger partial charge in [-0.05, 0) is 42.7 Å². The van der Waals surface area contributed by atoms with Crippen molar-refractivity contribution in [3.05, 3.63) is 53.2 Å². The first-order valence-electron chi connectivity index (χ1n) is 8.05. The zero-order chi connectivity index (χ0) is 16.8. The minimum absolute atomic E-state index is 0.107. The van der Waals surface area contributed by atoms with E-state index in [1.165, 1.54) is 0 Å². The van der Waals surface area contributed by atoms with Crippen LogP contribution in [0.25, 0.3) is 0 Å². The second-order valence-corrected chi connectivity index (χ2v) is 6.24. The van der Waals surface area contributed by atoms with Gasteiger partial charge in [-0.3, -0.25) is 4.79 Å². The predicted octanol–water partition coefficient (Wildman–Crippen LogP) is 3.51. The number of hydrogen-bond acceptors (Lipinski definition) is 4. The molecule has 1 aliphatic rings. The molecule has 1 aromatic carbocycles. The lowest BCUT2D eigenvalue weighted by molar-refractivity contribution is -0.115. The van der Waals surface area contributed by atoms with E-state index >= 15 is 0 Å². The van der Waals surface area contributed by atoms with Crippen molar-refractivity contribution in [2.45, 2.75) is 25.4 Å². The van der Waals surface area contributed by atoms with E-state index in [1.54, 1.807) is 24.4 Å². The molecule has 0 radical (unpaired) electrons. The largest absolute Gasteiger partial charge is 0.381 e. The van der Waals surface area contributed by atoms with Gasteiger partial charge in [0.05, 0.1) is 24.4 Å². The monoisotopic (exact) mass is 345 g/mol. The van der Waals surface area contributed by atoms with Gasteiger partial charge >= 0.3 is 0 Å². The molecular formula is C18H20ClN3O2. The summed E-state index contributed by atoms with van der Waals surface area (Å²) in [4.78, 5) is 16.3. The molecule has 0 spiro atoms. The van der Waals surface area contributed by atoms with Gasteiger partial charge in [0.1, 0.15) is 5.82 Å². The number of pyridine rings is 1. The first kappa shape index (κ1) is 16.7. The number of anilines is 2. The lowest BCUT2D eigenvalue weighted by Crippen LogP contribution is -2.18. The lowest BCUT2D eigenvalue weighted by atomic mass is 10.1. The quantitative estimate of drug-likeness (QED) is 0.841. The van der Waals surface area contributed by atoms with Crippen LogP contribution in [0.15, 0.2) is 42.6 Å². The highest BCUT2D eigenvalue weighted by Gasteiger charge is 2.14. The second kappa shape index (κ2) is 8.13. The molecule has 1 aliphatic heterocycles. The van der Waals surface area contributed by atoms with Gasteiger partial charge in [-0.2, -0.15) is 0 Å². The summed E-state index contributed by atoms with van der Waals surface area (Å²) in [5.74, 6) is 0.432. The number of carbonyl (C=O) groups is 1. The van der Waals surface area contributed by atoms with E-state index in [9.17, 15) is 4.79 Å². The normalized spacial score (nSPS) is 16.8. The molecule has 1 amide bonds. The zero-order valence-electron chi connectivity index (χ0n) is 13.3. The maximum absolute atomic E-state index is 12.0. The number of nitrogens with zero attached hydrogens (tertiary/aromatic N) is 1. The Balaban J connectivity index is 1.47. The Morgan fingerprint density at radius 1 is 1.25 bits per heavy atom. The topological polar surface area (TPSA) is 63.2 Å². The molecular weight excluding hydrogens is 326 g/mol. The van der Waals surface area contributed by atoms with Gasteiger partial charge in [-0.25, -0.2) is 4.98 Å². The van der Waals surface area contributed by atoms with Crippen molar-refractivity contribution >= 4 is 29.0 Å². The molecule has 1 fully saturated rings. The van der Waals surface area contributed by atoms with Gasteiger partial charge in [0.25, 0.3) is 0 Å². The van der Waals surface area contributed by atoms with E-state index in [0.29, 0.717) is 10.8 Å². The van der Waals surface area contributed by atoms with Crippen LogP contribution in [0.4, 0.5) is 11.5 Å². The number of carbonyl (C=O) groups excluding carboxylic acids is 1. The predicted molar refractivity (Wildman–Crippen MR) is 95.5 cm³/mol. The van der Waals surface area contributed by atoms with Crippen LogP contribution in [0, 0.1) is 0 Å². The summed E-state index contributed by atoms with van der Waals surface area (Å²) in [7, 11) is 0. The summed E-state index contributed by atoms with van der Waals surface area (Å²) in [6.45, 7) is 1.63. The maximum Gasteiger partial charge on any atom is 0.229 e. The Morgan fingerprint density at radius 2 is 2.08 bits per heavy atom. The van der Waals surface area contributed by atoms with Gasteiger partial charge in [-0.15, -0.1) is 0 Å². The Hall–Kier alpha value is -2.11. The molecule has 5 nitrogen and oxygen atoms in total. The molecule has 1 atom stereocenters. The van der Waals surface area contributed by atoms with E-state index in [-0.39, 0.29) is 18.4 Å². The van der Waals surface area contributed by atoms with Crippen LogP contribution in [0.3, 0.4) is 0 Å². The van der Waals surface area contributed by atoms with Crippen molar-refractivity contribution in [1.82, 2.24) is 4.98 Å². The van der Waals surface area contributed by atoms with Crippen molar-refractivity contribution in [1.29, 1.82) is 0 Å². The molecule has 0 saturated carbocycles. The van der Waals surface area contributed by atoms with E-state index < -0.39 is 0 Å². The number of aromatic nitrogens is 1. The van der Waals surface area contributed by atoms with E-state index in [4.69, 9.17) is 16.3 Å². The highest BCUT2D eigenvalue weighted by atomic mass is 35.5. The highest BCUT2D eigenvalue weighted by molar-refractivity contribution is 6.30. The molecule has 1 aromatic heterocycles. The van der Waals surface area contributed by atoms with E-state index in [0.717, 1.165) is 37.2 Å². The summed E-state index contributed by atoms with van der Waals surface area (Å²) in [5, 5.41) is 6.75. The fourth-order valence-corrected chi connectivity index (χ4v) is 2.71. The maximum atomic E-state index is 12.0. The minimum Gasteiger partial charge on any atom is -0.381 e. The van der Waals surface area contributed by atoms with Crippen molar-refractivity contribution in [3.63, 3.8) is 0 Å².